The van der Waals surface area contributed by atoms with Crippen molar-refractivity contribution in [1.82, 2.24) is 0 Å². The van der Waals surface area contributed by atoms with E-state index in [2.05, 4.69) is 13.8 Å². The molecule has 0 aromatic heterocycles. The van der Waals surface area contributed by atoms with E-state index in [0.717, 1.165) is 130 Å². The van der Waals surface area contributed by atoms with Crippen LogP contribution in [0.3, 0.4) is 0 Å². The van der Waals surface area contributed by atoms with Crippen molar-refractivity contribution >= 4 is 67.2 Å². The summed E-state index contributed by atoms with van der Waals surface area (Å²) in [7, 11) is 0. The Morgan fingerprint density at radius 1 is 0.337 bits per heavy atom. The van der Waals surface area contributed by atoms with E-state index in [1.54, 1.807) is 36.4 Å². The average Bonchev–Trinajstić information content (AvgIpc) is 3.09. The number of fused-ring (bicyclic) bond motifs is 2. The van der Waals surface area contributed by atoms with E-state index >= 15 is 0 Å². The number of thioether (sulfide) groups is 2. The van der Waals surface area contributed by atoms with Gasteiger partial charge in [0.1, 0.15) is 23.0 Å². The minimum atomic E-state index is -0.424. The van der Waals surface area contributed by atoms with Gasteiger partial charge in [-0.2, -0.15) is 0 Å². The third-order valence-corrected chi connectivity index (χ3v) is 18.2. The van der Waals surface area contributed by atoms with Gasteiger partial charge < -0.3 is 18.9 Å². The van der Waals surface area contributed by atoms with E-state index in [-0.39, 0.29) is 22.1 Å². The topological polar surface area (TPSA) is 105 Å². The Morgan fingerprint density at radius 3 is 1.01 bits per heavy atom. The Morgan fingerprint density at radius 2 is 0.640 bits per heavy atom. The number of rotatable bonds is 35. The first kappa shape index (κ1) is 64.8. The van der Waals surface area contributed by atoms with E-state index in [0.29, 0.717) is 22.6 Å². The number of hydrogen-bond donors (Lipinski definition) is 0. The second kappa shape index (κ2) is 34.9. The molecule has 2 unspecified atom stereocenters. The molecule has 0 spiro atoms. The van der Waals surface area contributed by atoms with Crippen LogP contribution in [0.15, 0.2) is 170 Å². The number of unbranched alkanes of at least 4 members (excludes halogenated alkanes) is 15. The Hall–Kier alpha value is -7.14. The molecular formula is C76H86O8S2. The van der Waals surface area contributed by atoms with Crippen LogP contribution in [-0.4, -0.2) is 46.9 Å². The van der Waals surface area contributed by atoms with Crippen molar-refractivity contribution in [2.24, 2.45) is 0 Å². The van der Waals surface area contributed by atoms with Gasteiger partial charge in [-0.25, -0.2) is 9.59 Å². The third kappa shape index (κ3) is 20.2. The maximum atomic E-state index is 13.3. The van der Waals surface area contributed by atoms with Gasteiger partial charge in [-0.15, -0.1) is 0 Å². The highest BCUT2D eigenvalue weighted by Crippen LogP contribution is 2.32. The molecule has 0 aliphatic carbocycles. The summed E-state index contributed by atoms with van der Waals surface area (Å²) >= 11 is 2.78. The van der Waals surface area contributed by atoms with E-state index in [1.165, 1.54) is 101 Å². The second-order valence-corrected chi connectivity index (χ2v) is 24.9. The highest BCUT2D eigenvalue weighted by molar-refractivity contribution is 8.14. The maximum Gasteiger partial charge on any atom is 0.343 e. The van der Waals surface area contributed by atoms with Gasteiger partial charge in [-0.05, 0) is 153 Å². The summed E-state index contributed by atoms with van der Waals surface area (Å²) in [5.41, 5.74) is 6.95. The lowest BCUT2D eigenvalue weighted by molar-refractivity contribution is -0.112. The molecule has 8 rings (SSSR count). The summed E-state index contributed by atoms with van der Waals surface area (Å²) in [6.07, 6.45) is 21.4. The molecule has 450 valence electrons. The summed E-state index contributed by atoms with van der Waals surface area (Å²) in [6.45, 7) is 9.87. The van der Waals surface area contributed by atoms with Crippen LogP contribution in [0.25, 0.3) is 43.8 Å². The number of ether oxygens (including phenoxy) is 4. The fourth-order valence-electron chi connectivity index (χ4n) is 10.5. The Labute approximate surface area is 519 Å². The molecule has 0 aliphatic heterocycles. The van der Waals surface area contributed by atoms with Crippen LogP contribution < -0.4 is 18.9 Å². The van der Waals surface area contributed by atoms with Gasteiger partial charge in [0.15, 0.2) is 10.2 Å². The van der Waals surface area contributed by atoms with E-state index in [4.69, 9.17) is 18.9 Å². The lowest BCUT2D eigenvalue weighted by Gasteiger charge is -2.13. The van der Waals surface area contributed by atoms with Gasteiger partial charge in [-0.3, -0.25) is 9.59 Å². The first-order valence-corrected chi connectivity index (χ1v) is 33.5. The summed E-state index contributed by atoms with van der Waals surface area (Å²) < 4.78 is 23.5. The van der Waals surface area contributed by atoms with E-state index in [9.17, 15) is 19.2 Å². The smallest absolute Gasteiger partial charge is 0.343 e. The molecule has 0 saturated carbocycles. The largest absolute Gasteiger partial charge is 0.494 e. The first-order chi connectivity index (χ1) is 42.0. The predicted molar refractivity (Wildman–Crippen MR) is 359 cm³/mol. The lowest BCUT2D eigenvalue weighted by atomic mass is 9.98. The van der Waals surface area contributed by atoms with Gasteiger partial charge >= 0.3 is 11.9 Å². The molecule has 0 radical (unpaired) electrons. The number of benzene rings is 8. The zero-order chi connectivity index (χ0) is 60.3. The van der Waals surface area contributed by atoms with Crippen LogP contribution in [0.5, 0.6) is 23.0 Å². The SMILES string of the molecule is CCCCCCCCCOc1ccc(-c2ccc(C(=O)Oc3ccc4cc(C(C)C(=O)SCCCCCCSC(=O)C(C)c5ccc6cc(OC(=O)c7ccc(-c8ccc(OCCCCCCCCC)cc8)cc7)ccc6c5)ccc4c3)cc2)cc1. The third-order valence-electron chi connectivity index (χ3n) is 16.0. The summed E-state index contributed by atoms with van der Waals surface area (Å²) in [5.74, 6) is 2.80. The summed E-state index contributed by atoms with van der Waals surface area (Å²) in [4.78, 5) is 52.9. The van der Waals surface area contributed by atoms with Crippen LogP contribution in [-0.2, 0) is 9.59 Å². The molecule has 8 nitrogen and oxygen atoms in total. The van der Waals surface area contributed by atoms with Crippen LogP contribution in [0.4, 0.5) is 0 Å². The molecule has 86 heavy (non-hydrogen) atoms. The molecule has 0 N–H and O–H groups in total. The second-order valence-electron chi connectivity index (χ2n) is 22.7. The lowest BCUT2D eigenvalue weighted by Crippen LogP contribution is -2.08. The van der Waals surface area contributed by atoms with Crippen LogP contribution in [0.2, 0.25) is 0 Å². The van der Waals surface area contributed by atoms with Crippen molar-refractivity contribution in [1.29, 1.82) is 0 Å². The van der Waals surface area contributed by atoms with E-state index in [1.807, 2.05) is 147 Å². The van der Waals surface area contributed by atoms with Crippen molar-refractivity contribution in [3.05, 3.63) is 192 Å². The molecule has 8 aromatic rings. The molecule has 2 atom stereocenters. The number of carbonyl (C=O) groups is 4. The fourth-order valence-corrected chi connectivity index (χ4v) is 12.4. The highest BCUT2D eigenvalue weighted by Gasteiger charge is 2.19. The Balaban J connectivity index is 0.685. The molecule has 0 heterocycles. The van der Waals surface area contributed by atoms with Crippen LogP contribution in [0, 0.1) is 0 Å². The predicted octanol–water partition coefficient (Wildman–Crippen LogP) is 21.0. The first-order valence-electron chi connectivity index (χ1n) is 31.6. The summed E-state index contributed by atoms with van der Waals surface area (Å²) in [6, 6.07) is 54.3. The molecular weight excluding hydrogens is 1100 g/mol. The number of esters is 2. The van der Waals surface area contributed by atoms with Gasteiger partial charge in [0.25, 0.3) is 0 Å². The highest BCUT2D eigenvalue weighted by atomic mass is 32.2. The quantitative estimate of drug-likeness (QED) is 0.0217. The maximum absolute atomic E-state index is 13.3. The fraction of sp³-hybridized carbons (Fsp3) is 0.368. The minimum Gasteiger partial charge on any atom is -0.494 e. The minimum absolute atomic E-state index is 0.142. The molecule has 0 amide bonds. The molecule has 0 fully saturated rings. The van der Waals surface area contributed by atoms with Crippen molar-refractivity contribution < 1.29 is 38.1 Å². The van der Waals surface area contributed by atoms with Gasteiger partial charge in [0.2, 0.25) is 0 Å². The van der Waals surface area contributed by atoms with Gasteiger partial charge in [-0.1, -0.05) is 238 Å². The van der Waals surface area contributed by atoms with Gasteiger partial charge in [0, 0.05) is 11.5 Å². The van der Waals surface area contributed by atoms with Crippen molar-refractivity contribution in [2.75, 3.05) is 24.7 Å². The standard InChI is InChI=1S/C76H86O8S2/c1-5-7-9-11-13-15-19-47-81-69-41-35-59(36-42-69)57-23-27-61(28-24-57)73(77)83-71-45-39-65-51-63(31-33-67(65)53-71)55(3)75(79)85-49-21-17-18-22-50-86-76(80)56(4)64-32-34-68-54-72(46-40-66(68)52-64)84-74(78)62-29-25-58(26-30-62)60-37-43-70(44-38-60)82-48-20-16-14-12-10-8-6-2/h23-46,51-56H,5-22,47-50H2,1-4H3. The van der Waals surface area contributed by atoms with Crippen LogP contribution in [0.1, 0.15) is 187 Å². The molecule has 0 bridgehead atoms. The van der Waals surface area contributed by atoms with Crippen LogP contribution >= 0.6 is 23.5 Å². The zero-order valence-corrected chi connectivity index (χ0v) is 52.6. The Bertz CT molecular complexity index is 3180. The molecule has 8 aromatic carbocycles. The van der Waals surface area contributed by atoms with Crippen molar-refractivity contribution in [3.63, 3.8) is 0 Å². The average molecular weight is 1190 g/mol. The Kier molecular flexibility index (Phi) is 26.3. The molecule has 0 aliphatic rings. The van der Waals surface area contributed by atoms with Crippen molar-refractivity contribution in [3.8, 4) is 45.3 Å². The summed E-state index contributed by atoms with van der Waals surface area (Å²) in [5, 5.41) is 4.08. The monoisotopic (exact) mass is 1190 g/mol. The number of hydrogen-bond acceptors (Lipinski definition) is 10. The van der Waals surface area contributed by atoms with E-state index < -0.39 is 11.9 Å². The zero-order valence-electron chi connectivity index (χ0n) is 51.0. The normalized spacial score (nSPS) is 12.0. The molecule has 10 heteroatoms. The van der Waals surface area contributed by atoms with Crippen molar-refractivity contribution in [2.45, 2.75) is 155 Å². The van der Waals surface area contributed by atoms with Gasteiger partial charge in [0.05, 0.1) is 36.2 Å². The number of carbonyl (C=O) groups excluding carboxylic acids is 4. The molecule has 0 saturated heterocycles.